The van der Waals surface area contributed by atoms with Crippen LogP contribution in [0.15, 0.2) is 0 Å². The number of nitriles is 1. The molecule has 1 heterocycles. The van der Waals surface area contributed by atoms with Gasteiger partial charge in [0, 0.05) is 32.1 Å². The summed E-state index contributed by atoms with van der Waals surface area (Å²) in [5, 5.41) is 11.4. The second-order valence-electron chi connectivity index (χ2n) is 5.34. The molecule has 1 N–H and O–H groups in total. The maximum atomic E-state index is 11.5. The Labute approximate surface area is 103 Å². The van der Waals surface area contributed by atoms with E-state index in [4.69, 9.17) is 10.00 Å². The predicted octanol–water partition coefficient (Wildman–Crippen LogP) is 1.50. The van der Waals surface area contributed by atoms with Gasteiger partial charge in [-0.25, -0.2) is 4.79 Å². The highest BCUT2D eigenvalue weighted by Gasteiger charge is 2.25. The summed E-state index contributed by atoms with van der Waals surface area (Å²) in [6.45, 7) is 8.06. The summed E-state index contributed by atoms with van der Waals surface area (Å²) in [5.41, 5.74) is -0.455. The SMILES string of the molecule is CC(C)(C)OC(=O)N[C@@H]1CCN(CCC#N)C1. The van der Waals surface area contributed by atoms with Crippen LogP contribution in [0.4, 0.5) is 4.79 Å². The molecule has 0 aliphatic carbocycles. The topological polar surface area (TPSA) is 65.4 Å². The van der Waals surface area contributed by atoms with E-state index in [1.165, 1.54) is 0 Å². The molecule has 5 heteroatoms. The van der Waals surface area contributed by atoms with Gasteiger partial charge in [0.2, 0.25) is 0 Å². The normalized spacial score (nSPS) is 20.9. The second kappa shape index (κ2) is 5.87. The van der Waals surface area contributed by atoms with Gasteiger partial charge in [0.05, 0.1) is 6.07 Å². The first-order valence-corrected chi connectivity index (χ1v) is 5.99. The zero-order valence-electron chi connectivity index (χ0n) is 10.8. The summed E-state index contributed by atoms with van der Waals surface area (Å²) in [7, 11) is 0. The van der Waals surface area contributed by atoms with Gasteiger partial charge in [-0.05, 0) is 27.2 Å². The minimum absolute atomic E-state index is 0.142. The van der Waals surface area contributed by atoms with Crippen LogP contribution in [0.5, 0.6) is 0 Å². The quantitative estimate of drug-likeness (QED) is 0.810. The minimum Gasteiger partial charge on any atom is -0.444 e. The molecule has 0 bridgehead atoms. The van der Waals surface area contributed by atoms with Crippen LogP contribution in [-0.2, 0) is 4.74 Å². The molecule has 0 aromatic carbocycles. The van der Waals surface area contributed by atoms with Crippen molar-refractivity contribution in [2.75, 3.05) is 19.6 Å². The molecule has 17 heavy (non-hydrogen) atoms. The largest absolute Gasteiger partial charge is 0.444 e. The third-order valence-electron chi connectivity index (χ3n) is 2.53. The Bertz CT molecular complexity index is 304. The molecular weight excluding hydrogens is 218 g/mol. The highest BCUT2D eigenvalue weighted by molar-refractivity contribution is 5.68. The van der Waals surface area contributed by atoms with E-state index >= 15 is 0 Å². The van der Waals surface area contributed by atoms with Crippen molar-refractivity contribution in [3.05, 3.63) is 0 Å². The molecule has 5 nitrogen and oxygen atoms in total. The van der Waals surface area contributed by atoms with E-state index in [2.05, 4.69) is 16.3 Å². The number of likely N-dealkylation sites (tertiary alicyclic amines) is 1. The lowest BCUT2D eigenvalue weighted by atomic mass is 10.2. The van der Waals surface area contributed by atoms with Gasteiger partial charge in [0.1, 0.15) is 5.60 Å². The second-order valence-corrected chi connectivity index (χ2v) is 5.34. The van der Waals surface area contributed by atoms with Gasteiger partial charge >= 0.3 is 6.09 Å². The maximum absolute atomic E-state index is 11.5. The van der Waals surface area contributed by atoms with Crippen molar-refractivity contribution in [1.29, 1.82) is 5.26 Å². The summed E-state index contributed by atoms with van der Waals surface area (Å²) in [6.07, 6.45) is 1.11. The Morgan fingerprint density at radius 2 is 2.29 bits per heavy atom. The molecule has 0 aromatic rings. The Balaban J connectivity index is 2.26. The average Bonchev–Trinajstić information content (AvgIpc) is 2.59. The predicted molar refractivity (Wildman–Crippen MR) is 64.4 cm³/mol. The van der Waals surface area contributed by atoms with Crippen molar-refractivity contribution in [3.63, 3.8) is 0 Å². The number of nitrogens with zero attached hydrogens (tertiary/aromatic N) is 2. The zero-order valence-corrected chi connectivity index (χ0v) is 10.8. The summed E-state index contributed by atoms with van der Waals surface area (Å²) < 4.78 is 5.20. The Morgan fingerprint density at radius 3 is 2.88 bits per heavy atom. The lowest BCUT2D eigenvalue weighted by Gasteiger charge is -2.21. The van der Waals surface area contributed by atoms with Crippen LogP contribution in [0.3, 0.4) is 0 Å². The van der Waals surface area contributed by atoms with Crippen LogP contribution < -0.4 is 5.32 Å². The Hall–Kier alpha value is -1.28. The summed E-state index contributed by atoms with van der Waals surface area (Å²) in [5.74, 6) is 0. The summed E-state index contributed by atoms with van der Waals surface area (Å²) in [6, 6.07) is 2.27. The summed E-state index contributed by atoms with van der Waals surface area (Å²) >= 11 is 0. The highest BCUT2D eigenvalue weighted by Crippen LogP contribution is 2.11. The van der Waals surface area contributed by atoms with Gasteiger partial charge in [0.25, 0.3) is 0 Å². The van der Waals surface area contributed by atoms with E-state index in [1.807, 2.05) is 20.8 Å². The van der Waals surface area contributed by atoms with Crippen LogP contribution in [0.2, 0.25) is 0 Å². The van der Waals surface area contributed by atoms with Crippen molar-refractivity contribution in [2.45, 2.75) is 45.3 Å². The number of alkyl carbamates (subject to hydrolysis) is 1. The number of amides is 1. The third-order valence-corrected chi connectivity index (χ3v) is 2.53. The monoisotopic (exact) mass is 239 g/mol. The van der Waals surface area contributed by atoms with Crippen LogP contribution in [-0.4, -0.2) is 42.3 Å². The minimum atomic E-state index is -0.455. The molecule has 0 radical (unpaired) electrons. The number of hydrogen-bond acceptors (Lipinski definition) is 4. The standard InChI is InChI=1S/C12H21N3O2/c1-12(2,3)17-11(16)14-10-5-8-15(9-10)7-4-6-13/h10H,4-5,7-9H2,1-3H3,(H,14,16)/t10-/m1/s1. The molecule has 1 aliphatic heterocycles. The first kappa shape index (κ1) is 13.8. The van der Waals surface area contributed by atoms with Gasteiger partial charge in [0.15, 0.2) is 0 Å². The molecule has 0 unspecified atom stereocenters. The smallest absolute Gasteiger partial charge is 0.407 e. The molecule has 1 atom stereocenters. The number of carbonyl (C=O) groups excluding carboxylic acids is 1. The van der Waals surface area contributed by atoms with Crippen molar-refractivity contribution >= 4 is 6.09 Å². The van der Waals surface area contributed by atoms with E-state index in [0.717, 1.165) is 26.1 Å². The van der Waals surface area contributed by atoms with E-state index in [0.29, 0.717) is 6.42 Å². The number of ether oxygens (including phenoxy) is 1. The molecule has 0 spiro atoms. The van der Waals surface area contributed by atoms with Crippen LogP contribution in [0.1, 0.15) is 33.6 Å². The van der Waals surface area contributed by atoms with E-state index < -0.39 is 5.60 Å². The fourth-order valence-corrected chi connectivity index (χ4v) is 1.84. The summed E-state index contributed by atoms with van der Waals surface area (Å²) in [4.78, 5) is 13.7. The molecule has 0 saturated carbocycles. The molecule has 96 valence electrons. The zero-order chi connectivity index (χ0) is 12.9. The van der Waals surface area contributed by atoms with E-state index in [9.17, 15) is 4.79 Å². The van der Waals surface area contributed by atoms with Gasteiger partial charge < -0.3 is 15.0 Å². The Morgan fingerprint density at radius 1 is 1.59 bits per heavy atom. The number of carbonyl (C=O) groups is 1. The fraction of sp³-hybridized carbons (Fsp3) is 0.833. The lowest BCUT2D eigenvalue weighted by molar-refractivity contribution is 0.0506. The van der Waals surface area contributed by atoms with Crippen molar-refractivity contribution in [1.82, 2.24) is 10.2 Å². The van der Waals surface area contributed by atoms with Gasteiger partial charge in [-0.15, -0.1) is 0 Å². The number of hydrogen-bond donors (Lipinski definition) is 1. The number of rotatable bonds is 3. The van der Waals surface area contributed by atoms with Crippen LogP contribution >= 0.6 is 0 Å². The van der Waals surface area contributed by atoms with Gasteiger partial charge in [-0.2, -0.15) is 5.26 Å². The van der Waals surface area contributed by atoms with Crippen molar-refractivity contribution < 1.29 is 9.53 Å². The van der Waals surface area contributed by atoms with Crippen molar-refractivity contribution in [2.24, 2.45) is 0 Å². The fourth-order valence-electron chi connectivity index (χ4n) is 1.84. The average molecular weight is 239 g/mol. The van der Waals surface area contributed by atoms with Crippen molar-refractivity contribution in [3.8, 4) is 6.07 Å². The molecule has 0 aromatic heterocycles. The molecule has 1 fully saturated rings. The molecular formula is C12H21N3O2. The molecule has 1 rings (SSSR count). The third kappa shape index (κ3) is 5.55. The molecule has 1 saturated heterocycles. The van der Waals surface area contributed by atoms with E-state index in [-0.39, 0.29) is 12.1 Å². The molecule has 1 amide bonds. The first-order valence-electron chi connectivity index (χ1n) is 5.99. The Kier molecular flexibility index (Phi) is 4.76. The van der Waals surface area contributed by atoms with Gasteiger partial charge in [-0.1, -0.05) is 0 Å². The van der Waals surface area contributed by atoms with Crippen LogP contribution in [0.25, 0.3) is 0 Å². The van der Waals surface area contributed by atoms with E-state index in [1.54, 1.807) is 0 Å². The first-order chi connectivity index (χ1) is 7.90. The number of nitrogens with one attached hydrogen (secondary N) is 1. The highest BCUT2D eigenvalue weighted by atomic mass is 16.6. The molecule has 1 aliphatic rings. The van der Waals surface area contributed by atoms with Gasteiger partial charge in [-0.3, -0.25) is 0 Å². The maximum Gasteiger partial charge on any atom is 0.407 e. The lowest BCUT2D eigenvalue weighted by Crippen LogP contribution is -2.40. The van der Waals surface area contributed by atoms with Crippen LogP contribution in [0, 0.1) is 11.3 Å².